The van der Waals surface area contributed by atoms with Crippen molar-refractivity contribution in [3.05, 3.63) is 151 Å². The van der Waals surface area contributed by atoms with Gasteiger partial charge in [0.1, 0.15) is 0 Å². The third-order valence-corrected chi connectivity index (χ3v) is 8.05. The number of benzene rings is 5. The number of pyridine rings is 1. The fourth-order valence-electron chi connectivity index (χ4n) is 5.48. The Labute approximate surface area is 286 Å². The molecule has 3 nitrogen and oxygen atoms in total. The first-order chi connectivity index (χ1) is 21.6. The van der Waals surface area contributed by atoms with E-state index >= 15 is 0 Å². The van der Waals surface area contributed by atoms with E-state index in [4.69, 9.17) is 4.98 Å². The zero-order chi connectivity index (χ0) is 31.6. The summed E-state index contributed by atoms with van der Waals surface area (Å²) in [6.07, 6.45) is 1.79. The Kier molecular flexibility index (Phi) is 9.72. The van der Waals surface area contributed by atoms with Crippen molar-refractivity contribution in [3.8, 4) is 28.3 Å². The second-order valence-electron chi connectivity index (χ2n) is 13.5. The Morgan fingerprint density at radius 1 is 0.609 bits per heavy atom. The van der Waals surface area contributed by atoms with Crippen molar-refractivity contribution in [2.45, 2.75) is 52.4 Å². The van der Waals surface area contributed by atoms with Crippen LogP contribution in [0.4, 0.5) is 0 Å². The largest absolute Gasteiger partial charge is 0.333 e. The summed E-state index contributed by atoms with van der Waals surface area (Å²) in [6, 6.07) is 48.3. The van der Waals surface area contributed by atoms with Gasteiger partial charge in [-0.05, 0) is 57.3 Å². The van der Waals surface area contributed by atoms with Gasteiger partial charge < -0.3 is 9.55 Å². The molecule has 7 aromatic rings. The van der Waals surface area contributed by atoms with Crippen LogP contribution in [0.15, 0.2) is 128 Å². The van der Waals surface area contributed by atoms with E-state index < -0.39 is 0 Å². The first-order valence-electron chi connectivity index (χ1n) is 15.5. The number of rotatable bonds is 3. The van der Waals surface area contributed by atoms with Gasteiger partial charge in [0.05, 0.1) is 16.9 Å². The van der Waals surface area contributed by atoms with Crippen LogP contribution in [0, 0.1) is 12.1 Å². The number of imidazole rings is 1. The maximum Gasteiger partial charge on any atom is 0.0781 e. The molecule has 0 N–H and O–H groups in total. The third-order valence-electron chi connectivity index (χ3n) is 8.05. The van der Waals surface area contributed by atoms with Gasteiger partial charge in [0.25, 0.3) is 0 Å². The van der Waals surface area contributed by atoms with Gasteiger partial charge in [0, 0.05) is 37.4 Å². The molecule has 0 atom stereocenters. The molecular formula is C42H39IrN3-2. The molecule has 1 radical (unpaired) electrons. The molecule has 0 aliphatic carbocycles. The van der Waals surface area contributed by atoms with Crippen molar-refractivity contribution in [2.24, 2.45) is 0 Å². The predicted molar refractivity (Wildman–Crippen MR) is 189 cm³/mol. The van der Waals surface area contributed by atoms with E-state index in [0.29, 0.717) is 0 Å². The summed E-state index contributed by atoms with van der Waals surface area (Å²) in [6.45, 7) is 13.7. The van der Waals surface area contributed by atoms with Crippen LogP contribution in [0.25, 0.3) is 50.1 Å². The van der Waals surface area contributed by atoms with Crippen molar-refractivity contribution in [1.82, 2.24) is 14.5 Å². The Balaban J connectivity index is 0.000000269. The van der Waals surface area contributed by atoms with Crippen molar-refractivity contribution in [1.29, 1.82) is 0 Å². The van der Waals surface area contributed by atoms with Gasteiger partial charge in [0.15, 0.2) is 0 Å². The minimum atomic E-state index is 0. The summed E-state index contributed by atoms with van der Waals surface area (Å²) in [5, 5.41) is 2.43. The molecule has 0 spiro atoms. The molecule has 0 aliphatic heterocycles. The molecule has 7 rings (SSSR count). The van der Waals surface area contributed by atoms with Crippen LogP contribution in [0.1, 0.15) is 52.7 Å². The van der Waals surface area contributed by atoms with Gasteiger partial charge in [-0.3, -0.25) is 4.98 Å². The molecule has 0 fully saturated rings. The van der Waals surface area contributed by atoms with Gasteiger partial charge in [-0.2, -0.15) is 0 Å². The van der Waals surface area contributed by atoms with Crippen LogP contribution in [0.3, 0.4) is 0 Å². The van der Waals surface area contributed by atoms with Crippen molar-refractivity contribution in [3.63, 3.8) is 0 Å². The second kappa shape index (κ2) is 13.5. The zero-order valence-corrected chi connectivity index (χ0v) is 29.7. The van der Waals surface area contributed by atoms with Gasteiger partial charge in [-0.15, -0.1) is 71.8 Å². The van der Waals surface area contributed by atoms with Crippen LogP contribution in [0.5, 0.6) is 0 Å². The molecule has 4 heteroatoms. The first-order valence-corrected chi connectivity index (χ1v) is 15.5. The predicted octanol–water partition coefficient (Wildman–Crippen LogP) is 10.8. The third kappa shape index (κ3) is 7.04. The molecule has 5 aromatic carbocycles. The van der Waals surface area contributed by atoms with Gasteiger partial charge >= 0.3 is 0 Å². The molecule has 0 amide bonds. The van der Waals surface area contributed by atoms with Crippen LogP contribution in [-0.4, -0.2) is 14.5 Å². The topological polar surface area (TPSA) is 30.7 Å². The molecule has 0 bridgehead atoms. The molecule has 0 saturated carbocycles. The average molecular weight is 778 g/mol. The van der Waals surface area contributed by atoms with Crippen LogP contribution < -0.4 is 0 Å². The fraction of sp³-hybridized carbons (Fsp3) is 0.190. The maximum atomic E-state index is 5.12. The summed E-state index contributed by atoms with van der Waals surface area (Å²) in [5.41, 5.74) is 9.03. The van der Waals surface area contributed by atoms with Gasteiger partial charge in [0.2, 0.25) is 0 Å². The van der Waals surface area contributed by atoms with Crippen molar-refractivity contribution in [2.75, 3.05) is 0 Å². The number of hydrogen-bond acceptors (Lipinski definition) is 2. The maximum absolute atomic E-state index is 5.12. The summed E-state index contributed by atoms with van der Waals surface area (Å²) in [5.74, 6) is 0.924. The van der Waals surface area contributed by atoms with Gasteiger partial charge in [-0.1, -0.05) is 90.1 Å². The summed E-state index contributed by atoms with van der Waals surface area (Å²) >= 11 is 0. The number of nitrogens with zero attached hydrogens (tertiary/aromatic N) is 3. The molecule has 46 heavy (non-hydrogen) atoms. The number of fused-ring (bicyclic) bond motifs is 3. The summed E-state index contributed by atoms with van der Waals surface area (Å²) in [4.78, 5) is 9.34. The number of aromatic nitrogens is 3. The molecule has 0 unspecified atom stereocenters. The average Bonchev–Trinajstić information content (AvgIpc) is 3.46. The summed E-state index contributed by atoms with van der Waals surface area (Å²) in [7, 11) is 0. The summed E-state index contributed by atoms with van der Waals surface area (Å²) < 4.78 is 2.34. The molecule has 0 saturated heterocycles. The Morgan fingerprint density at radius 3 is 1.80 bits per heavy atom. The van der Waals surface area contributed by atoms with Gasteiger partial charge in [-0.25, -0.2) is 0 Å². The normalized spacial score (nSPS) is 11.5. The molecule has 2 heterocycles. The van der Waals surface area contributed by atoms with Crippen LogP contribution in [-0.2, 0) is 30.9 Å². The molecule has 233 valence electrons. The Morgan fingerprint density at radius 2 is 1.22 bits per heavy atom. The second-order valence-corrected chi connectivity index (χ2v) is 13.5. The quantitative estimate of drug-likeness (QED) is 0.167. The van der Waals surface area contributed by atoms with Crippen molar-refractivity contribution >= 4 is 21.8 Å². The molecular weight excluding hydrogens is 739 g/mol. The molecule has 0 aliphatic rings. The number of hydrogen-bond donors (Lipinski definition) is 0. The fourth-order valence-corrected chi connectivity index (χ4v) is 5.48. The van der Waals surface area contributed by atoms with E-state index in [-0.39, 0.29) is 30.9 Å². The minimum Gasteiger partial charge on any atom is -0.333 e. The van der Waals surface area contributed by atoms with Crippen molar-refractivity contribution < 1.29 is 20.1 Å². The first kappa shape index (κ1) is 33.0. The zero-order valence-electron chi connectivity index (χ0n) is 27.3. The SMILES string of the molecule is CC(C)(C)c1cc(-n2c(-c3[c-]cccc3)nc3ccc4ccccc4c32)cc(C(C)(C)C)c1.[Ir].[c-]1ccccc1-c1ccccn1. The van der Waals surface area contributed by atoms with E-state index in [1.54, 1.807) is 6.20 Å². The van der Waals surface area contributed by atoms with E-state index in [1.807, 2.05) is 54.6 Å². The standard InChI is InChI=1S/C31H31N2.C11H8N.Ir/c1-30(2,3)23-18-24(31(4,5)6)20-25(19-23)33-28-26-15-11-10-12-21(26)16-17-27(28)32-29(33)22-13-8-7-9-14-22;1-2-6-10(7-3-1)11-8-4-5-9-12-11;/h7-13,15-20H,1-6H3;1-6,8-9H;/q2*-1;. The van der Waals surface area contributed by atoms with E-state index in [1.165, 1.54) is 21.9 Å². The minimum absolute atomic E-state index is 0. The smallest absolute Gasteiger partial charge is 0.0781 e. The Bertz CT molecular complexity index is 1980. The monoisotopic (exact) mass is 778 g/mol. The van der Waals surface area contributed by atoms with Crippen LogP contribution in [0.2, 0.25) is 0 Å². The Hall–Kier alpha value is -4.37. The van der Waals surface area contributed by atoms with Crippen LogP contribution >= 0.6 is 0 Å². The van der Waals surface area contributed by atoms with E-state index in [9.17, 15) is 0 Å². The molecule has 2 aromatic heterocycles. The van der Waals surface area contributed by atoms with E-state index in [2.05, 4.69) is 130 Å². The van der Waals surface area contributed by atoms with E-state index in [0.717, 1.165) is 39.4 Å².